The number of benzene rings is 2. The van der Waals surface area contributed by atoms with Crippen molar-refractivity contribution in [3.63, 3.8) is 0 Å². The predicted molar refractivity (Wildman–Crippen MR) is 112 cm³/mol. The number of β-amino-alcohol motifs (C(OH)–C–C–N with tert-alkyl or cyclic N) is 1. The van der Waals surface area contributed by atoms with E-state index in [4.69, 9.17) is 11.6 Å². The van der Waals surface area contributed by atoms with Gasteiger partial charge in [-0.25, -0.2) is 4.79 Å². The van der Waals surface area contributed by atoms with E-state index in [0.717, 1.165) is 36.9 Å². The normalized spacial score (nSPS) is 15.6. The summed E-state index contributed by atoms with van der Waals surface area (Å²) < 4.78 is 4.66. The summed E-state index contributed by atoms with van der Waals surface area (Å²) in [4.78, 5) is 16.2. The Kier molecular flexibility index (Phi) is 7.95. The van der Waals surface area contributed by atoms with E-state index < -0.39 is 12.1 Å². The molecule has 1 heterocycles. The smallest absolute Gasteiger partial charge is 0.341 e. The topological polar surface area (TPSA) is 73.2 Å². The van der Waals surface area contributed by atoms with Crippen LogP contribution in [0.2, 0.25) is 5.02 Å². The molecule has 0 aromatic heterocycles. The van der Waals surface area contributed by atoms with Gasteiger partial charge in [-0.1, -0.05) is 17.7 Å². The number of piperazine rings is 1. The van der Waals surface area contributed by atoms with Crippen LogP contribution in [0.5, 0.6) is 5.75 Å². The van der Waals surface area contributed by atoms with Crippen LogP contribution in [0.15, 0.2) is 42.5 Å². The molecule has 1 fully saturated rings. The summed E-state index contributed by atoms with van der Waals surface area (Å²) >= 11 is 5.94. The van der Waals surface area contributed by atoms with E-state index >= 15 is 0 Å². The number of aromatic hydroxyl groups is 1. The Balaban J connectivity index is 0.00000280. The number of carbonyl (C=O) groups is 1. The van der Waals surface area contributed by atoms with Crippen molar-refractivity contribution in [2.75, 3.05) is 44.7 Å². The zero-order chi connectivity index (χ0) is 19.4. The molecule has 2 N–H and O–H groups in total. The van der Waals surface area contributed by atoms with Gasteiger partial charge in [0.25, 0.3) is 0 Å². The van der Waals surface area contributed by atoms with Crippen molar-refractivity contribution in [3.8, 4) is 5.75 Å². The van der Waals surface area contributed by atoms with E-state index in [2.05, 4.69) is 14.5 Å². The van der Waals surface area contributed by atoms with Gasteiger partial charge in [0.15, 0.2) is 0 Å². The molecule has 1 aliphatic heterocycles. The number of methoxy groups -OCH3 is 1. The minimum Gasteiger partial charge on any atom is -0.507 e. The van der Waals surface area contributed by atoms with Crippen molar-refractivity contribution in [3.05, 3.63) is 58.6 Å². The van der Waals surface area contributed by atoms with Gasteiger partial charge in [0.2, 0.25) is 0 Å². The molecule has 1 atom stereocenters. The molecule has 0 spiro atoms. The van der Waals surface area contributed by atoms with E-state index in [1.165, 1.54) is 19.2 Å². The van der Waals surface area contributed by atoms with Gasteiger partial charge in [0, 0.05) is 43.4 Å². The van der Waals surface area contributed by atoms with Gasteiger partial charge in [0.05, 0.1) is 13.2 Å². The van der Waals surface area contributed by atoms with Crippen LogP contribution in [0, 0.1) is 0 Å². The highest BCUT2D eigenvalue weighted by atomic mass is 35.5. The first-order valence-electron chi connectivity index (χ1n) is 8.80. The highest BCUT2D eigenvalue weighted by Gasteiger charge is 2.21. The second kappa shape index (κ2) is 9.98. The van der Waals surface area contributed by atoms with Crippen molar-refractivity contribution in [1.82, 2.24) is 4.90 Å². The van der Waals surface area contributed by atoms with E-state index in [1.54, 1.807) is 6.07 Å². The second-order valence-electron chi connectivity index (χ2n) is 6.55. The zero-order valence-corrected chi connectivity index (χ0v) is 17.1. The van der Waals surface area contributed by atoms with Gasteiger partial charge in [0.1, 0.15) is 11.3 Å². The molecule has 28 heavy (non-hydrogen) atoms. The molecule has 152 valence electrons. The Morgan fingerprint density at radius 2 is 1.79 bits per heavy atom. The lowest BCUT2D eigenvalue weighted by molar-refractivity contribution is 0.0596. The van der Waals surface area contributed by atoms with Gasteiger partial charge in [-0.2, -0.15) is 0 Å². The summed E-state index contributed by atoms with van der Waals surface area (Å²) in [6.07, 6.45) is -0.754. The fraction of sp³-hybridized carbons (Fsp3) is 0.350. The number of aliphatic hydroxyl groups excluding tert-OH is 1. The van der Waals surface area contributed by atoms with E-state index in [0.29, 0.717) is 12.1 Å². The van der Waals surface area contributed by atoms with Gasteiger partial charge in [-0.3, -0.25) is 4.90 Å². The molecule has 3 rings (SSSR count). The summed E-state index contributed by atoms with van der Waals surface area (Å²) in [5.74, 6) is -0.785. The number of aliphatic hydroxyl groups is 1. The maximum Gasteiger partial charge on any atom is 0.341 e. The third-order valence-corrected chi connectivity index (χ3v) is 5.06. The van der Waals surface area contributed by atoms with Gasteiger partial charge < -0.3 is 19.8 Å². The number of ether oxygens (including phenoxy) is 1. The average Bonchev–Trinajstić information content (AvgIpc) is 2.69. The molecule has 2 aromatic carbocycles. The largest absolute Gasteiger partial charge is 0.507 e. The quantitative estimate of drug-likeness (QED) is 0.715. The maximum absolute atomic E-state index is 11.7. The third kappa shape index (κ3) is 5.29. The van der Waals surface area contributed by atoms with Crippen LogP contribution in [-0.4, -0.2) is 60.9 Å². The van der Waals surface area contributed by atoms with Crippen LogP contribution >= 0.6 is 24.0 Å². The molecule has 0 bridgehead atoms. The van der Waals surface area contributed by atoms with Crippen LogP contribution in [0.4, 0.5) is 5.69 Å². The Bertz CT molecular complexity index is 793. The SMILES string of the molecule is COC(=O)c1cc(C(O)CN2CCN(c3ccc(Cl)cc3)CC2)ccc1O.Cl. The predicted octanol–water partition coefficient (Wildman–Crippen LogP) is 3.11. The molecular weight excluding hydrogens is 403 g/mol. The van der Waals surface area contributed by atoms with Gasteiger partial charge >= 0.3 is 5.97 Å². The lowest BCUT2D eigenvalue weighted by Crippen LogP contribution is -2.47. The zero-order valence-electron chi connectivity index (χ0n) is 15.5. The molecule has 1 unspecified atom stereocenters. The molecule has 6 nitrogen and oxygen atoms in total. The third-order valence-electron chi connectivity index (χ3n) is 4.81. The minimum atomic E-state index is -0.754. The van der Waals surface area contributed by atoms with Crippen molar-refractivity contribution < 1.29 is 19.7 Å². The average molecular weight is 427 g/mol. The van der Waals surface area contributed by atoms with Gasteiger partial charge in [-0.05, 0) is 42.0 Å². The fourth-order valence-electron chi connectivity index (χ4n) is 3.22. The second-order valence-corrected chi connectivity index (χ2v) is 6.98. The van der Waals surface area contributed by atoms with Gasteiger partial charge in [-0.15, -0.1) is 12.4 Å². The Hall–Kier alpha value is -1.99. The van der Waals surface area contributed by atoms with E-state index in [1.807, 2.05) is 24.3 Å². The number of rotatable bonds is 5. The first-order valence-corrected chi connectivity index (χ1v) is 9.18. The summed E-state index contributed by atoms with van der Waals surface area (Å²) in [6, 6.07) is 12.3. The molecule has 0 radical (unpaired) electrons. The number of nitrogens with zero attached hydrogens (tertiary/aromatic N) is 2. The van der Waals surface area contributed by atoms with E-state index in [9.17, 15) is 15.0 Å². The Morgan fingerprint density at radius 3 is 2.39 bits per heavy atom. The highest BCUT2D eigenvalue weighted by molar-refractivity contribution is 6.30. The molecule has 0 amide bonds. The first kappa shape index (κ1) is 22.3. The Morgan fingerprint density at radius 1 is 1.14 bits per heavy atom. The number of phenols is 1. The monoisotopic (exact) mass is 426 g/mol. The summed E-state index contributed by atoms with van der Waals surface area (Å²) in [7, 11) is 1.26. The van der Waals surface area contributed by atoms with Crippen LogP contribution in [-0.2, 0) is 4.74 Å². The number of hydrogen-bond donors (Lipinski definition) is 2. The number of halogens is 2. The number of anilines is 1. The van der Waals surface area contributed by atoms with Crippen molar-refractivity contribution >= 4 is 35.7 Å². The van der Waals surface area contributed by atoms with Crippen molar-refractivity contribution in [2.24, 2.45) is 0 Å². The summed E-state index contributed by atoms with van der Waals surface area (Å²) in [6.45, 7) is 3.82. The number of hydrogen-bond acceptors (Lipinski definition) is 6. The van der Waals surface area contributed by atoms with E-state index in [-0.39, 0.29) is 23.7 Å². The highest BCUT2D eigenvalue weighted by Crippen LogP contribution is 2.25. The number of carbonyl (C=O) groups excluding carboxylic acids is 1. The summed E-state index contributed by atoms with van der Waals surface area (Å²) in [5, 5.41) is 21.1. The molecule has 1 saturated heterocycles. The first-order chi connectivity index (χ1) is 13.0. The number of phenolic OH excluding ortho intramolecular Hbond substituents is 1. The maximum atomic E-state index is 11.7. The lowest BCUT2D eigenvalue weighted by atomic mass is 10.0. The lowest BCUT2D eigenvalue weighted by Gasteiger charge is -2.37. The molecule has 1 aliphatic rings. The van der Waals surface area contributed by atoms with Crippen LogP contribution in [0.25, 0.3) is 0 Å². The minimum absolute atomic E-state index is 0. The van der Waals surface area contributed by atoms with Crippen molar-refractivity contribution in [2.45, 2.75) is 6.10 Å². The number of esters is 1. The fourth-order valence-corrected chi connectivity index (χ4v) is 3.35. The molecule has 0 saturated carbocycles. The molecular formula is C20H24Cl2N2O4. The molecule has 8 heteroatoms. The Labute approximate surface area is 175 Å². The van der Waals surface area contributed by atoms with Crippen LogP contribution < -0.4 is 4.90 Å². The van der Waals surface area contributed by atoms with Crippen LogP contribution in [0.1, 0.15) is 22.0 Å². The van der Waals surface area contributed by atoms with Crippen LogP contribution in [0.3, 0.4) is 0 Å². The summed E-state index contributed by atoms with van der Waals surface area (Å²) in [5.41, 5.74) is 1.77. The van der Waals surface area contributed by atoms with Crippen molar-refractivity contribution in [1.29, 1.82) is 0 Å². The molecule has 0 aliphatic carbocycles. The standard InChI is InChI=1S/C20H23ClN2O4.ClH/c1-27-20(26)17-12-14(2-7-18(17)24)19(25)13-22-8-10-23(11-9-22)16-5-3-15(21)4-6-16;/h2-7,12,19,24-25H,8-11,13H2,1H3;1H. The molecule has 2 aromatic rings.